The van der Waals surface area contributed by atoms with Crippen molar-refractivity contribution in [3.8, 4) is 0 Å². The van der Waals surface area contributed by atoms with Crippen molar-refractivity contribution < 1.29 is 28.3 Å². The molecule has 158 valence electrons. The fraction of sp³-hybridized carbons (Fsp3) is 0.316. The molecule has 0 bridgehead atoms. The van der Waals surface area contributed by atoms with Crippen LogP contribution >= 0.6 is 11.3 Å². The third kappa shape index (κ3) is 5.17. The highest BCUT2D eigenvalue weighted by Crippen LogP contribution is 2.18. The third-order valence-electron chi connectivity index (χ3n) is 4.23. The van der Waals surface area contributed by atoms with Crippen molar-refractivity contribution in [1.29, 1.82) is 0 Å². The van der Waals surface area contributed by atoms with Crippen LogP contribution in [0.2, 0.25) is 0 Å². The molecule has 0 spiro atoms. The summed E-state index contributed by atoms with van der Waals surface area (Å²) in [5, 5.41) is 6.78. The van der Waals surface area contributed by atoms with Crippen LogP contribution in [-0.4, -0.2) is 46.3 Å². The van der Waals surface area contributed by atoms with Gasteiger partial charge in [-0.3, -0.25) is 14.5 Å². The van der Waals surface area contributed by atoms with Gasteiger partial charge in [0.05, 0.1) is 13.2 Å². The van der Waals surface area contributed by atoms with Crippen molar-refractivity contribution in [3.63, 3.8) is 0 Å². The van der Waals surface area contributed by atoms with Crippen LogP contribution in [0.25, 0.3) is 0 Å². The van der Waals surface area contributed by atoms with Crippen LogP contribution in [-0.2, 0) is 20.9 Å². The Morgan fingerprint density at radius 1 is 1.37 bits per heavy atom. The topological polar surface area (TPSA) is 118 Å². The Bertz CT molecular complexity index is 979. The molecular formula is C19H19FN4O5S. The second-order valence-corrected chi connectivity index (χ2v) is 7.26. The van der Waals surface area contributed by atoms with Gasteiger partial charge in [0.25, 0.3) is 5.91 Å². The lowest BCUT2D eigenvalue weighted by Gasteiger charge is -2.13. The number of thiazole rings is 1. The van der Waals surface area contributed by atoms with Gasteiger partial charge in [-0.25, -0.2) is 19.0 Å². The normalized spacial score (nSPS) is 15.8. The number of carbonyl (C=O) groups is 4. The van der Waals surface area contributed by atoms with Crippen molar-refractivity contribution in [3.05, 3.63) is 46.7 Å². The summed E-state index contributed by atoms with van der Waals surface area (Å²) in [5.74, 6) is -1.92. The van der Waals surface area contributed by atoms with Crippen LogP contribution in [0.1, 0.15) is 35.8 Å². The Balaban J connectivity index is 1.51. The maximum absolute atomic E-state index is 13.3. The number of nitrogens with zero attached hydrogens (tertiary/aromatic N) is 2. The van der Waals surface area contributed by atoms with Gasteiger partial charge in [-0.1, -0.05) is 12.1 Å². The molecular weight excluding hydrogens is 415 g/mol. The smallest absolute Gasteiger partial charge is 0.357 e. The van der Waals surface area contributed by atoms with Crippen LogP contribution in [0.3, 0.4) is 0 Å². The number of esters is 1. The average molecular weight is 434 g/mol. The molecule has 9 nitrogen and oxygen atoms in total. The van der Waals surface area contributed by atoms with Crippen molar-refractivity contribution in [2.75, 3.05) is 11.9 Å². The number of ether oxygens (including phenoxy) is 1. The van der Waals surface area contributed by atoms with E-state index in [-0.39, 0.29) is 36.8 Å². The van der Waals surface area contributed by atoms with E-state index in [1.165, 1.54) is 23.6 Å². The number of benzene rings is 1. The highest BCUT2D eigenvalue weighted by molar-refractivity contribution is 7.14. The zero-order chi connectivity index (χ0) is 21.7. The van der Waals surface area contributed by atoms with Gasteiger partial charge in [-0.05, 0) is 31.0 Å². The Hall–Kier alpha value is -3.34. The number of hydrogen-bond donors (Lipinski definition) is 2. The summed E-state index contributed by atoms with van der Waals surface area (Å²) in [7, 11) is 0. The first-order valence-electron chi connectivity index (χ1n) is 9.16. The van der Waals surface area contributed by atoms with E-state index in [4.69, 9.17) is 4.74 Å². The number of anilines is 1. The number of amides is 4. The third-order valence-corrected chi connectivity index (χ3v) is 4.99. The molecule has 0 radical (unpaired) electrons. The number of halogens is 1. The van der Waals surface area contributed by atoms with Crippen LogP contribution < -0.4 is 10.6 Å². The summed E-state index contributed by atoms with van der Waals surface area (Å²) in [6.45, 7) is 1.84. The molecule has 3 rings (SSSR count). The van der Waals surface area contributed by atoms with Gasteiger partial charge in [0, 0.05) is 11.8 Å². The second kappa shape index (κ2) is 9.44. The van der Waals surface area contributed by atoms with Gasteiger partial charge in [-0.2, -0.15) is 0 Å². The van der Waals surface area contributed by atoms with E-state index in [1.54, 1.807) is 13.0 Å². The summed E-state index contributed by atoms with van der Waals surface area (Å²) in [5.41, 5.74) is 0.585. The molecule has 0 aliphatic carbocycles. The summed E-state index contributed by atoms with van der Waals surface area (Å²) in [4.78, 5) is 53.3. The lowest BCUT2D eigenvalue weighted by atomic mass is 10.1. The quantitative estimate of drug-likeness (QED) is 0.486. The Labute approximate surface area is 175 Å². The number of rotatable bonds is 8. The first-order valence-corrected chi connectivity index (χ1v) is 10.0. The molecule has 2 aromatic rings. The summed E-state index contributed by atoms with van der Waals surface area (Å²) < 4.78 is 18.1. The molecule has 2 N–H and O–H groups in total. The van der Waals surface area contributed by atoms with E-state index in [2.05, 4.69) is 15.6 Å². The average Bonchev–Trinajstić information content (AvgIpc) is 3.27. The minimum atomic E-state index is -0.844. The van der Waals surface area contributed by atoms with E-state index in [1.807, 2.05) is 0 Å². The van der Waals surface area contributed by atoms with Gasteiger partial charge in [0.15, 0.2) is 10.8 Å². The SMILES string of the molecule is CCOC(=O)c1csc(NC(=O)CC[C@@H]2NC(=O)N(Cc3cccc(F)c3)C2=O)n1. The van der Waals surface area contributed by atoms with E-state index in [0.717, 1.165) is 16.2 Å². The van der Waals surface area contributed by atoms with Crippen LogP contribution in [0, 0.1) is 5.82 Å². The van der Waals surface area contributed by atoms with Crippen molar-refractivity contribution >= 4 is 40.3 Å². The lowest BCUT2D eigenvalue weighted by molar-refractivity contribution is -0.128. The molecule has 1 atom stereocenters. The molecule has 30 heavy (non-hydrogen) atoms. The molecule has 1 aliphatic rings. The number of hydrogen-bond acceptors (Lipinski definition) is 7. The zero-order valence-electron chi connectivity index (χ0n) is 16.0. The van der Waals surface area contributed by atoms with Gasteiger partial charge in [0.2, 0.25) is 5.91 Å². The van der Waals surface area contributed by atoms with Crippen molar-refractivity contribution in [2.24, 2.45) is 0 Å². The first kappa shape index (κ1) is 21.4. The number of imide groups is 1. The number of urea groups is 1. The predicted octanol–water partition coefficient (Wildman–Crippen LogP) is 2.30. The minimum absolute atomic E-state index is 0.0428. The Morgan fingerprint density at radius 3 is 2.90 bits per heavy atom. The number of nitrogens with one attached hydrogen (secondary N) is 2. The summed E-state index contributed by atoms with van der Waals surface area (Å²) in [6.07, 6.45) is 0.0466. The molecule has 4 amide bonds. The number of aromatic nitrogens is 1. The molecule has 1 saturated heterocycles. The fourth-order valence-electron chi connectivity index (χ4n) is 2.83. The molecule has 0 unspecified atom stereocenters. The predicted molar refractivity (Wildman–Crippen MR) is 105 cm³/mol. The largest absolute Gasteiger partial charge is 0.461 e. The van der Waals surface area contributed by atoms with Crippen molar-refractivity contribution in [2.45, 2.75) is 32.4 Å². The van der Waals surface area contributed by atoms with Crippen LogP contribution in [0.5, 0.6) is 0 Å². The van der Waals surface area contributed by atoms with Crippen LogP contribution in [0.15, 0.2) is 29.6 Å². The monoisotopic (exact) mass is 434 g/mol. The van der Waals surface area contributed by atoms with E-state index in [9.17, 15) is 23.6 Å². The Kier molecular flexibility index (Phi) is 6.72. The highest BCUT2D eigenvalue weighted by Gasteiger charge is 2.37. The highest BCUT2D eigenvalue weighted by atomic mass is 32.1. The molecule has 1 aromatic heterocycles. The summed E-state index contributed by atoms with van der Waals surface area (Å²) in [6, 6.07) is 4.20. The van der Waals surface area contributed by atoms with Gasteiger partial charge >= 0.3 is 12.0 Å². The molecule has 11 heteroatoms. The Morgan fingerprint density at radius 2 is 2.17 bits per heavy atom. The van der Waals surface area contributed by atoms with Gasteiger partial charge in [0.1, 0.15) is 11.9 Å². The second-order valence-electron chi connectivity index (χ2n) is 6.40. The fourth-order valence-corrected chi connectivity index (χ4v) is 3.52. The molecule has 1 aromatic carbocycles. The van der Waals surface area contributed by atoms with Gasteiger partial charge in [-0.15, -0.1) is 11.3 Å². The van der Waals surface area contributed by atoms with Crippen LogP contribution in [0.4, 0.5) is 14.3 Å². The van der Waals surface area contributed by atoms with E-state index < -0.39 is 35.7 Å². The lowest BCUT2D eigenvalue weighted by Crippen LogP contribution is -2.31. The maximum Gasteiger partial charge on any atom is 0.357 e. The zero-order valence-corrected chi connectivity index (χ0v) is 16.8. The standard InChI is InChI=1S/C19H19FN4O5S/c1-2-29-17(27)14-10-30-18(21-14)23-15(25)7-6-13-16(26)24(19(28)22-13)9-11-4-3-5-12(20)8-11/h3-5,8,10,13H,2,6-7,9H2,1H3,(H,22,28)(H,21,23,25)/t13-/m0/s1. The van der Waals surface area contributed by atoms with E-state index in [0.29, 0.717) is 5.56 Å². The first-order chi connectivity index (χ1) is 14.4. The van der Waals surface area contributed by atoms with Gasteiger partial charge < -0.3 is 15.4 Å². The summed E-state index contributed by atoms with van der Waals surface area (Å²) >= 11 is 1.07. The van der Waals surface area contributed by atoms with E-state index >= 15 is 0 Å². The number of carbonyl (C=O) groups excluding carboxylic acids is 4. The molecule has 0 saturated carbocycles. The molecule has 2 heterocycles. The van der Waals surface area contributed by atoms with Crippen molar-refractivity contribution in [1.82, 2.24) is 15.2 Å². The molecule has 1 aliphatic heterocycles. The maximum atomic E-state index is 13.3. The molecule has 1 fully saturated rings. The minimum Gasteiger partial charge on any atom is -0.461 e.